The predicted octanol–water partition coefficient (Wildman–Crippen LogP) is 4.40. The quantitative estimate of drug-likeness (QED) is 0.420. The second-order valence-corrected chi connectivity index (χ2v) is 7.45. The fourth-order valence-electron chi connectivity index (χ4n) is 3.63. The summed E-state index contributed by atoms with van der Waals surface area (Å²) >= 11 is 0. The Morgan fingerprint density at radius 3 is 2.59 bits per heavy atom. The highest BCUT2D eigenvalue weighted by molar-refractivity contribution is 5.95. The molecule has 0 aliphatic rings. The molecule has 158 valence electrons. The van der Waals surface area contributed by atoms with Gasteiger partial charge in [0.25, 0.3) is 5.56 Å². The Bertz CT molecular complexity index is 1420. The van der Waals surface area contributed by atoms with Crippen molar-refractivity contribution in [3.05, 3.63) is 84.1 Å². The first-order chi connectivity index (χ1) is 15.7. The minimum atomic E-state index is -0.201. The molecule has 2 N–H and O–H groups in total. The van der Waals surface area contributed by atoms with Gasteiger partial charge in [0, 0.05) is 48.1 Å². The number of rotatable bonds is 6. The second-order valence-electron chi connectivity index (χ2n) is 7.45. The summed E-state index contributed by atoms with van der Waals surface area (Å²) in [4.78, 5) is 28.2. The Morgan fingerprint density at radius 2 is 1.81 bits per heavy atom. The van der Waals surface area contributed by atoms with Crippen LogP contribution in [0.5, 0.6) is 0 Å². The maximum Gasteiger partial charge on any atom is 0.259 e. The molecule has 0 aliphatic heterocycles. The van der Waals surface area contributed by atoms with E-state index in [-0.39, 0.29) is 5.56 Å². The average molecular weight is 423 g/mol. The summed E-state index contributed by atoms with van der Waals surface area (Å²) in [5.41, 5.74) is 4.23. The summed E-state index contributed by atoms with van der Waals surface area (Å²) in [6.45, 7) is 3.03. The molecule has 0 fully saturated rings. The smallest absolute Gasteiger partial charge is 0.259 e. The Balaban J connectivity index is 1.51. The zero-order valence-electron chi connectivity index (χ0n) is 17.5. The van der Waals surface area contributed by atoms with Crippen LogP contribution in [0.1, 0.15) is 13.3 Å². The van der Waals surface area contributed by atoms with Gasteiger partial charge in [-0.3, -0.25) is 9.48 Å². The van der Waals surface area contributed by atoms with Gasteiger partial charge in [-0.2, -0.15) is 5.10 Å². The van der Waals surface area contributed by atoms with Crippen LogP contribution in [0, 0.1) is 0 Å². The third-order valence-corrected chi connectivity index (χ3v) is 5.18. The van der Waals surface area contributed by atoms with Crippen molar-refractivity contribution in [1.82, 2.24) is 29.7 Å². The molecule has 8 heteroatoms. The number of anilines is 2. The van der Waals surface area contributed by atoms with Crippen LogP contribution in [-0.2, 0) is 6.54 Å². The molecule has 0 amide bonds. The van der Waals surface area contributed by atoms with Gasteiger partial charge < -0.3 is 10.3 Å². The van der Waals surface area contributed by atoms with Crippen LogP contribution < -0.4 is 10.9 Å². The monoisotopic (exact) mass is 423 g/mol. The summed E-state index contributed by atoms with van der Waals surface area (Å²) < 4.78 is 1.95. The third-order valence-electron chi connectivity index (χ3n) is 5.18. The van der Waals surface area contributed by atoms with Gasteiger partial charge >= 0.3 is 0 Å². The topological polar surface area (TPSA) is 101 Å². The zero-order chi connectivity index (χ0) is 21.9. The molecular weight excluding hydrogens is 402 g/mol. The van der Waals surface area contributed by atoms with Crippen LogP contribution in [0.25, 0.3) is 33.2 Å². The number of pyridine rings is 2. The SMILES string of the molecule is CCCn1cc(-c2ccc(Nc3nc(-c4cncnc4)cc4cc[nH]c(=O)c34)cc2)cn1. The summed E-state index contributed by atoms with van der Waals surface area (Å²) in [6, 6.07) is 11.7. The van der Waals surface area contributed by atoms with Crippen LogP contribution >= 0.6 is 0 Å². The number of H-pyrrole nitrogens is 1. The Hall–Kier alpha value is -4.33. The Labute approximate surface area is 184 Å². The lowest BCUT2D eigenvalue weighted by atomic mass is 10.1. The van der Waals surface area contributed by atoms with Crippen molar-refractivity contribution in [2.24, 2.45) is 0 Å². The van der Waals surface area contributed by atoms with Gasteiger partial charge in [0.05, 0.1) is 17.3 Å². The van der Waals surface area contributed by atoms with E-state index >= 15 is 0 Å². The van der Waals surface area contributed by atoms with E-state index < -0.39 is 0 Å². The molecule has 0 aliphatic carbocycles. The molecule has 32 heavy (non-hydrogen) atoms. The van der Waals surface area contributed by atoms with Gasteiger partial charge in [0.1, 0.15) is 12.1 Å². The molecule has 0 unspecified atom stereocenters. The van der Waals surface area contributed by atoms with Crippen molar-refractivity contribution < 1.29 is 0 Å². The summed E-state index contributed by atoms with van der Waals surface area (Å²) in [6.07, 6.45) is 11.5. The fourth-order valence-corrected chi connectivity index (χ4v) is 3.63. The lowest BCUT2D eigenvalue weighted by Crippen LogP contribution is -2.09. The van der Waals surface area contributed by atoms with Gasteiger partial charge in [0.15, 0.2) is 0 Å². The molecule has 4 heterocycles. The molecule has 8 nitrogen and oxygen atoms in total. The first-order valence-electron chi connectivity index (χ1n) is 10.4. The molecular formula is C24H21N7O. The standard InChI is InChI=1S/C24H21N7O/c1-2-9-31-14-19(13-28-31)16-3-5-20(6-4-16)29-23-22-17(7-8-27-24(22)32)10-21(30-23)18-11-25-15-26-12-18/h3-8,10-15H,2,9H2,1H3,(H,27,32)(H,29,30). The first kappa shape index (κ1) is 19.6. The van der Waals surface area contributed by atoms with Crippen molar-refractivity contribution in [2.45, 2.75) is 19.9 Å². The number of fused-ring (bicyclic) bond motifs is 1. The fraction of sp³-hybridized carbons (Fsp3) is 0.125. The third kappa shape index (κ3) is 3.85. The molecule has 5 rings (SSSR count). The van der Waals surface area contributed by atoms with E-state index in [2.05, 4.69) is 32.3 Å². The molecule has 0 saturated heterocycles. The van der Waals surface area contributed by atoms with E-state index in [4.69, 9.17) is 4.98 Å². The number of nitrogens with zero attached hydrogens (tertiary/aromatic N) is 5. The molecule has 5 aromatic rings. The van der Waals surface area contributed by atoms with E-state index in [1.54, 1.807) is 18.6 Å². The molecule has 1 aromatic carbocycles. The largest absolute Gasteiger partial charge is 0.340 e. The number of aromatic amines is 1. The highest BCUT2D eigenvalue weighted by Crippen LogP contribution is 2.28. The van der Waals surface area contributed by atoms with Crippen LogP contribution in [0.4, 0.5) is 11.5 Å². The molecule has 0 radical (unpaired) electrons. The van der Waals surface area contributed by atoms with Crippen molar-refractivity contribution in [1.29, 1.82) is 0 Å². The van der Waals surface area contributed by atoms with Gasteiger partial charge in [-0.1, -0.05) is 19.1 Å². The molecule has 0 bridgehead atoms. The van der Waals surface area contributed by atoms with E-state index in [1.165, 1.54) is 6.33 Å². The zero-order valence-corrected chi connectivity index (χ0v) is 17.5. The van der Waals surface area contributed by atoms with E-state index in [0.29, 0.717) is 16.9 Å². The number of hydrogen-bond acceptors (Lipinski definition) is 6. The molecule has 0 saturated carbocycles. The average Bonchev–Trinajstić information content (AvgIpc) is 3.29. The summed E-state index contributed by atoms with van der Waals surface area (Å²) in [5.74, 6) is 0.478. The van der Waals surface area contributed by atoms with E-state index in [1.807, 2.05) is 53.5 Å². The number of benzene rings is 1. The first-order valence-corrected chi connectivity index (χ1v) is 10.4. The van der Waals surface area contributed by atoms with Gasteiger partial charge in [-0.05, 0) is 41.6 Å². The maximum atomic E-state index is 12.6. The van der Waals surface area contributed by atoms with Crippen molar-refractivity contribution in [3.8, 4) is 22.4 Å². The summed E-state index contributed by atoms with van der Waals surface area (Å²) in [5, 5.41) is 8.99. The number of aromatic nitrogens is 6. The van der Waals surface area contributed by atoms with Crippen LogP contribution in [0.15, 0.2) is 78.5 Å². The van der Waals surface area contributed by atoms with E-state index in [0.717, 1.165) is 40.7 Å². The van der Waals surface area contributed by atoms with Crippen molar-refractivity contribution in [2.75, 3.05) is 5.32 Å². The lowest BCUT2D eigenvalue weighted by molar-refractivity contribution is 0.603. The maximum absolute atomic E-state index is 12.6. The highest BCUT2D eigenvalue weighted by atomic mass is 16.1. The van der Waals surface area contributed by atoms with Crippen LogP contribution in [0.3, 0.4) is 0 Å². The second kappa shape index (κ2) is 8.43. The Morgan fingerprint density at radius 1 is 1.00 bits per heavy atom. The minimum Gasteiger partial charge on any atom is -0.340 e. The molecule has 4 aromatic heterocycles. The predicted molar refractivity (Wildman–Crippen MR) is 125 cm³/mol. The highest BCUT2D eigenvalue weighted by Gasteiger charge is 2.12. The summed E-state index contributed by atoms with van der Waals surface area (Å²) in [7, 11) is 0. The molecule has 0 spiro atoms. The van der Waals surface area contributed by atoms with Gasteiger partial charge in [0.2, 0.25) is 0 Å². The Kier molecular flexibility index (Phi) is 5.17. The molecule has 0 atom stereocenters. The lowest BCUT2D eigenvalue weighted by Gasteiger charge is -2.11. The van der Waals surface area contributed by atoms with Crippen LogP contribution in [-0.4, -0.2) is 29.7 Å². The van der Waals surface area contributed by atoms with Crippen molar-refractivity contribution >= 4 is 22.3 Å². The number of nitrogens with one attached hydrogen (secondary N) is 2. The van der Waals surface area contributed by atoms with E-state index in [9.17, 15) is 4.79 Å². The number of hydrogen-bond donors (Lipinski definition) is 2. The van der Waals surface area contributed by atoms with Gasteiger partial charge in [-0.15, -0.1) is 0 Å². The van der Waals surface area contributed by atoms with Crippen molar-refractivity contribution in [3.63, 3.8) is 0 Å². The van der Waals surface area contributed by atoms with Crippen LogP contribution in [0.2, 0.25) is 0 Å². The number of aryl methyl sites for hydroxylation is 1. The van der Waals surface area contributed by atoms with Gasteiger partial charge in [-0.25, -0.2) is 15.0 Å². The normalized spacial score (nSPS) is 11.0. The minimum absolute atomic E-state index is 0.201.